The molecule has 166 valence electrons. The monoisotopic (exact) mass is 431 g/mol. The van der Waals surface area contributed by atoms with Gasteiger partial charge in [0.25, 0.3) is 5.91 Å². The van der Waals surface area contributed by atoms with E-state index in [0.717, 1.165) is 38.5 Å². The number of hydrogen-bond donors (Lipinski definition) is 0. The highest BCUT2D eigenvalue weighted by Crippen LogP contribution is 2.44. The van der Waals surface area contributed by atoms with E-state index in [0.29, 0.717) is 36.9 Å². The summed E-state index contributed by atoms with van der Waals surface area (Å²) in [6.45, 7) is 0.861. The first kappa shape index (κ1) is 20.6. The van der Waals surface area contributed by atoms with Gasteiger partial charge in [0.15, 0.2) is 0 Å². The van der Waals surface area contributed by atoms with Gasteiger partial charge in [0, 0.05) is 19.1 Å². The molecule has 3 heterocycles. The Labute approximate surface area is 180 Å². The molecule has 5 rings (SSSR count). The molecule has 31 heavy (non-hydrogen) atoms. The fourth-order valence-electron chi connectivity index (χ4n) is 6.09. The molecule has 0 spiro atoms. The topological polar surface area (TPSA) is 38.1 Å². The van der Waals surface area contributed by atoms with Crippen molar-refractivity contribution in [1.29, 1.82) is 0 Å². The zero-order chi connectivity index (χ0) is 21.6. The van der Waals surface area contributed by atoms with Crippen molar-refractivity contribution in [3.05, 3.63) is 53.1 Å². The maximum Gasteiger partial charge on any atom is 0.449 e. The first-order valence-corrected chi connectivity index (χ1v) is 11.5. The van der Waals surface area contributed by atoms with E-state index in [-0.39, 0.29) is 24.2 Å². The second-order valence-electron chi connectivity index (χ2n) is 9.16. The number of benzene rings is 1. The number of carbonyl (C=O) groups is 1. The molecule has 3 aliphatic rings. The predicted molar refractivity (Wildman–Crippen MR) is 111 cm³/mol. The third-order valence-electron chi connectivity index (χ3n) is 7.44. The van der Waals surface area contributed by atoms with Crippen LogP contribution in [-0.4, -0.2) is 32.9 Å². The van der Waals surface area contributed by atoms with Gasteiger partial charge in [-0.05, 0) is 55.9 Å². The average Bonchev–Trinajstić information content (AvgIpc) is 3.19. The minimum absolute atomic E-state index is 0.0366. The summed E-state index contributed by atoms with van der Waals surface area (Å²) >= 11 is 0. The summed E-state index contributed by atoms with van der Waals surface area (Å²) in [6, 6.07) is 10.5. The Kier molecular flexibility index (Phi) is 5.30. The SMILES string of the molecule is O=C(c1nc(C(F)(F)F)n2c1CCCC2)N1CCC(c2ccccc2)C2CCCCC21. The van der Waals surface area contributed by atoms with Crippen molar-refractivity contribution >= 4 is 5.91 Å². The van der Waals surface area contributed by atoms with Crippen LogP contribution in [-0.2, 0) is 19.1 Å². The quantitative estimate of drug-likeness (QED) is 0.636. The van der Waals surface area contributed by atoms with Gasteiger partial charge >= 0.3 is 6.18 Å². The van der Waals surface area contributed by atoms with E-state index in [9.17, 15) is 18.0 Å². The van der Waals surface area contributed by atoms with Gasteiger partial charge in [0.1, 0.15) is 5.69 Å². The van der Waals surface area contributed by atoms with Crippen molar-refractivity contribution in [2.75, 3.05) is 6.54 Å². The highest BCUT2D eigenvalue weighted by atomic mass is 19.4. The summed E-state index contributed by atoms with van der Waals surface area (Å²) in [6.07, 6.45) is 2.45. The molecule has 1 aliphatic carbocycles. The number of carbonyl (C=O) groups excluding carboxylic acids is 1. The largest absolute Gasteiger partial charge is 0.449 e. The van der Waals surface area contributed by atoms with Crippen molar-refractivity contribution in [3.8, 4) is 0 Å². The first-order chi connectivity index (χ1) is 14.9. The fraction of sp³-hybridized carbons (Fsp3) is 0.583. The van der Waals surface area contributed by atoms with Gasteiger partial charge in [-0.1, -0.05) is 43.2 Å². The van der Waals surface area contributed by atoms with Crippen LogP contribution >= 0.6 is 0 Å². The number of fused-ring (bicyclic) bond motifs is 2. The van der Waals surface area contributed by atoms with Gasteiger partial charge in [0.05, 0.1) is 5.69 Å². The minimum atomic E-state index is -4.54. The van der Waals surface area contributed by atoms with Gasteiger partial charge in [-0.25, -0.2) is 4.98 Å². The number of rotatable bonds is 2. The lowest BCUT2D eigenvalue weighted by atomic mass is 9.69. The van der Waals surface area contributed by atoms with Crippen LogP contribution in [0, 0.1) is 5.92 Å². The molecule has 0 N–H and O–H groups in total. The highest BCUT2D eigenvalue weighted by molar-refractivity contribution is 5.94. The molecule has 1 saturated carbocycles. The Morgan fingerprint density at radius 3 is 2.52 bits per heavy atom. The van der Waals surface area contributed by atoms with Crippen LogP contribution in [0.2, 0.25) is 0 Å². The molecule has 2 aliphatic heterocycles. The number of halogens is 3. The van der Waals surface area contributed by atoms with Crippen molar-refractivity contribution < 1.29 is 18.0 Å². The predicted octanol–water partition coefficient (Wildman–Crippen LogP) is 5.43. The number of hydrogen-bond acceptors (Lipinski definition) is 2. The molecule has 0 radical (unpaired) electrons. The maximum absolute atomic E-state index is 13.6. The van der Waals surface area contributed by atoms with Gasteiger partial charge in [-0.3, -0.25) is 4.79 Å². The molecule has 3 unspecified atom stereocenters. The van der Waals surface area contributed by atoms with E-state index in [1.165, 1.54) is 10.1 Å². The molecule has 4 nitrogen and oxygen atoms in total. The van der Waals surface area contributed by atoms with Gasteiger partial charge in [0.2, 0.25) is 5.82 Å². The van der Waals surface area contributed by atoms with E-state index < -0.39 is 12.0 Å². The van der Waals surface area contributed by atoms with Crippen LogP contribution in [0.25, 0.3) is 0 Å². The maximum atomic E-state index is 13.6. The van der Waals surface area contributed by atoms with Crippen LogP contribution in [0.15, 0.2) is 30.3 Å². The first-order valence-electron chi connectivity index (χ1n) is 11.5. The zero-order valence-corrected chi connectivity index (χ0v) is 17.6. The number of piperidine rings is 1. The summed E-state index contributed by atoms with van der Waals surface area (Å²) in [5.74, 6) is -0.457. The smallest absolute Gasteiger partial charge is 0.334 e. The standard InChI is InChI=1S/C24H28F3N3O/c25-24(26,27)23-28-21(20-12-6-7-14-30(20)23)22(31)29-15-13-17(16-8-2-1-3-9-16)18-10-4-5-11-19(18)29/h1-3,8-9,17-19H,4-7,10-15H2. The van der Waals surface area contributed by atoms with E-state index in [1.807, 2.05) is 11.0 Å². The lowest BCUT2D eigenvalue weighted by Crippen LogP contribution is -2.52. The number of imidazole rings is 1. The molecule has 1 aromatic carbocycles. The third-order valence-corrected chi connectivity index (χ3v) is 7.44. The zero-order valence-electron chi connectivity index (χ0n) is 17.6. The van der Waals surface area contributed by atoms with Gasteiger partial charge in [-0.2, -0.15) is 13.2 Å². The molecule has 3 atom stereocenters. The summed E-state index contributed by atoms with van der Waals surface area (Å²) in [5.41, 5.74) is 1.82. The Balaban J connectivity index is 1.47. The van der Waals surface area contributed by atoms with Crippen molar-refractivity contribution in [3.63, 3.8) is 0 Å². The summed E-state index contributed by atoms with van der Waals surface area (Å²) in [4.78, 5) is 19.4. The third kappa shape index (κ3) is 3.66. The van der Waals surface area contributed by atoms with E-state index in [4.69, 9.17) is 0 Å². The molecule has 2 fully saturated rings. The highest BCUT2D eigenvalue weighted by Gasteiger charge is 2.45. The van der Waals surface area contributed by atoms with Crippen LogP contribution in [0.3, 0.4) is 0 Å². The number of nitrogens with zero attached hydrogens (tertiary/aromatic N) is 3. The Hall–Kier alpha value is -2.31. The van der Waals surface area contributed by atoms with Crippen LogP contribution in [0.1, 0.15) is 78.4 Å². The van der Waals surface area contributed by atoms with Crippen LogP contribution in [0.5, 0.6) is 0 Å². The van der Waals surface area contributed by atoms with E-state index >= 15 is 0 Å². The van der Waals surface area contributed by atoms with E-state index in [2.05, 4.69) is 29.2 Å². The van der Waals surface area contributed by atoms with Crippen molar-refractivity contribution in [2.45, 2.75) is 76.0 Å². The molecule has 7 heteroatoms. The molecule has 1 amide bonds. The molecular weight excluding hydrogens is 403 g/mol. The lowest BCUT2D eigenvalue weighted by molar-refractivity contribution is -0.147. The van der Waals surface area contributed by atoms with Gasteiger partial charge in [-0.15, -0.1) is 0 Å². The fourth-order valence-corrected chi connectivity index (χ4v) is 6.09. The molecule has 1 saturated heterocycles. The van der Waals surface area contributed by atoms with Crippen LogP contribution < -0.4 is 0 Å². The summed E-state index contributed by atoms with van der Waals surface area (Å²) in [7, 11) is 0. The molecule has 1 aromatic heterocycles. The number of likely N-dealkylation sites (tertiary alicyclic amines) is 1. The van der Waals surface area contributed by atoms with E-state index in [1.54, 1.807) is 0 Å². The lowest BCUT2D eigenvalue weighted by Gasteiger charge is -2.48. The minimum Gasteiger partial charge on any atom is -0.334 e. The second-order valence-corrected chi connectivity index (χ2v) is 9.16. The summed E-state index contributed by atoms with van der Waals surface area (Å²) in [5, 5.41) is 0. The van der Waals surface area contributed by atoms with Crippen molar-refractivity contribution in [1.82, 2.24) is 14.5 Å². The number of aromatic nitrogens is 2. The number of alkyl halides is 3. The van der Waals surface area contributed by atoms with Crippen LogP contribution in [0.4, 0.5) is 13.2 Å². The number of amides is 1. The van der Waals surface area contributed by atoms with Crippen molar-refractivity contribution in [2.24, 2.45) is 5.92 Å². The second kappa shape index (κ2) is 7.99. The molecule has 0 bridgehead atoms. The Bertz CT molecular complexity index is 953. The molecule has 2 aromatic rings. The average molecular weight is 432 g/mol. The molecular formula is C24H28F3N3O. The Morgan fingerprint density at radius 1 is 0.968 bits per heavy atom. The van der Waals surface area contributed by atoms with Gasteiger partial charge < -0.3 is 9.47 Å². The summed E-state index contributed by atoms with van der Waals surface area (Å²) < 4.78 is 42.0. The normalized spacial score (nSPS) is 26.3. The Morgan fingerprint density at radius 2 is 1.74 bits per heavy atom.